The third-order valence-corrected chi connectivity index (χ3v) is 3.96. The number of hydrogen-bond donors (Lipinski definition) is 1. The first-order valence-electron chi connectivity index (χ1n) is 5.35. The molecular formula is C12H20O2. The maximum atomic E-state index is 11.4. The van der Waals surface area contributed by atoms with Crippen molar-refractivity contribution in [2.45, 2.75) is 46.5 Å². The van der Waals surface area contributed by atoms with Gasteiger partial charge < -0.3 is 5.11 Å². The van der Waals surface area contributed by atoms with Crippen molar-refractivity contribution in [3.05, 3.63) is 12.2 Å². The van der Waals surface area contributed by atoms with Crippen LogP contribution < -0.4 is 0 Å². The number of carboxylic acid groups (broad SMARTS) is 1. The molecule has 0 aromatic heterocycles. The predicted octanol–water partition coefficient (Wildman–Crippen LogP) is 3.23. The van der Waals surface area contributed by atoms with Gasteiger partial charge in [-0.25, -0.2) is 0 Å². The first-order valence-corrected chi connectivity index (χ1v) is 5.35. The summed E-state index contributed by atoms with van der Waals surface area (Å²) in [6.07, 6.45) is 7.38. The number of carbonyl (C=O) groups is 1. The van der Waals surface area contributed by atoms with Crippen LogP contribution in [0.5, 0.6) is 0 Å². The summed E-state index contributed by atoms with van der Waals surface area (Å²) in [5, 5.41) is 9.42. The lowest BCUT2D eigenvalue weighted by Gasteiger charge is -2.44. The van der Waals surface area contributed by atoms with Crippen LogP contribution in [0, 0.1) is 10.8 Å². The summed E-state index contributed by atoms with van der Waals surface area (Å²) in [6, 6.07) is 0. The number of allylic oxidation sites excluding steroid dienone is 2. The summed E-state index contributed by atoms with van der Waals surface area (Å²) in [4.78, 5) is 11.4. The molecule has 0 amide bonds. The van der Waals surface area contributed by atoms with Gasteiger partial charge in [-0.05, 0) is 31.1 Å². The average molecular weight is 196 g/mol. The van der Waals surface area contributed by atoms with E-state index in [1.54, 1.807) is 0 Å². The Hall–Kier alpha value is -0.790. The maximum Gasteiger partial charge on any atom is 0.310 e. The zero-order valence-electron chi connectivity index (χ0n) is 9.34. The van der Waals surface area contributed by atoms with E-state index in [1.807, 2.05) is 6.08 Å². The van der Waals surface area contributed by atoms with Crippen LogP contribution in [-0.2, 0) is 4.79 Å². The van der Waals surface area contributed by atoms with E-state index in [1.165, 1.54) is 0 Å². The molecule has 0 saturated heterocycles. The van der Waals surface area contributed by atoms with Crippen LogP contribution in [0.3, 0.4) is 0 Å². The predicted molar refractivity (Wildman–Crippen MR) is 57.1 cm³/mol. The highest BCUT2D eigenvalue weighted by molar-refractivity contribution is 5.76. The van der Waals surface area contributed by atoms with Crippen LogP contribution in [0.25, 0.3) is 0 Å². The van der Waals surface area contributed by atoms with E-state index in [0.29, 0.717) is 6.42 Å². The Morgan fingerprint density at radius 2 is 2.14 bits per heavy atom. The van der Waals surface area contributed by atoms with Crippen LogP contribution in [0.15, 0.2) is 12.2 Å². The lowest BCUT2D eigenvalue weighted by atomic mass is 9.59. The molecule has 1 rings (SSSR count). The summed E-state index contributed by atoms with van der Waals surface area (Å²) < 4.78 is 0. The van der Waals surface area contributed by atoms with Gasteiger partial charge in [0.05, 0.1) is 5.41 Å². The van der Waals surface area contributed by atoms with Gasteiger partial charge in [0.2, 0.25) is 0 Å². The van der Waals surface area contributed by atoms with E-state index < -0.39 is 11.4 Å². The van der Waals surface area contributed by atoms with Gasteiger partial charge in [-0.15, -0.1) is 0 Å². The van der Waals surface area contributed by atoms with Gasteiger partial charge in [0.1, 0.15) is 0 Å². The van der Waals surface area contributed by atoms with Crippen molar-refractivity contribution in [3.63, 3.8) is 0 Å². The first-order chi connectivity index (χ1) is 6.46. The molecule has 14 heavy (non-hydrogen) atoms. The van der Waals surface area contributed by atoms with Gasteiger partial charge in [0.15, 0.2) is 0 Å². The largest absolute Gasteiger partial charge is 0.481 e. The van der Waals surface area contributed by atoms with E-state index in [9.17, 15) is 9.90 Å². The van der Waals surface area contributed by atoms with E-state index in [-0.39, 0.29) is 5.41 Å². The third-order valence-electron chi connectivity index (χ3n) is 3.96. The zero-order chi connectivity index (χ0) is 10.8. The Balaban J connectivity index is 3.04. The monoisotopic (exact) mass is 196 g/mol. The Morgan fingerprint density at radius 3 is 2.50 bits per heavy atom. The minimum Gasteiger partial charge on any atom is -0.481 e. The van der Waals surface area contributed by atoms with Gasteiger partial charge in [-0.1, -0.05) is 32.9 Å². The van der Waals surface area contributed by atoms with E-state index >= 15 is 0 Å². The first kappa shape index (κ1) is 11.3. The van der Waals surface area contributed by atoms with Gasteiger partial charge in [-0.3, -0.25) is 4.79 Å². The van der Waals surface area contributed by atoms with Crippen LogP contribution >= 0.6 is 0 Å². The fraction of sp³-hybridized carbons (Fsp3) is 0.750. The molecule has 1 atom stereocenters. The minimum absolute atomic E-state index is 0.121. The van der Waals surface area contributed by atoms with Crippen molar-refractivity contribution >= 4 is 5.97 Å². The van der Waals surface area contributed by atoms with E-state index in [4.69, 9.17) is 0 Å². The van der Waals surface area contributed by atoms with Crippen molar-refractivity contribution in [1.29, 1.82) is 0 Å². The highest BCUT2D eigenvalue weighted by Crippen LogP contribution is 2.49. The van der Waals surface area contributed by atoms with Gasteiger partial charge >= 0.3 is 5.97 Å². The lowest BCUT2D eigenvalue weighted by molar-refractivity contribution is -0.158. The topological polar surface area (TPSA) is 37.3 Å². The Morgan fingerprint density at radius 1 is 1.50 bits per heavy atom. The molecule has 0 aromatic rings. The Bertz CT molecular complexity index is 253. The molecule has 80 valence electrons. The number of aliphatic carboxylic acids is 1. The normalized spacial score (nSPS) is 27.6. The van der Waals surface area contributed by atoms with Gasteiger partial charge in [0, 0.05) is 0 Å². The van der Waals surface area contributed by atoms with Crippen LogP contribution in [-0.4, -0.2) is 11.1 Å². The molecule has 2 nitrogen and oxygen atoms in total. The zero-order valence-corrected chi connectivity index (χ0v) is 9.34. The molecule has 1 N–H and O–H groups in total. The fourth-order valence-corrected chi connectivity index (χ4v) is 2.27. The number of rotatable bonds is 3. The SMILES string of the molecule is CCC(C)(C)C1(C(=O)O)CC=CCC1. The third kappa shape index (κ3) is 1.58. The van der Waals surface area contributed by atoms with Crippen molar-refractivity contribution in [2.75, 3.05) is 0 Å². The second-order valence-corrected chi connectivity index (χ2v) is 4.84. The Kier molecular flexibility index (Phi) is 3.03. The van der Waals surface area contributed by atoms with Crippen LogP contribution in [0.4, 0.5) is 0 Å². The highest BCUT2D eigenvalue weighted by atomic mass is 16.4. The lowest BCUT2D eigenvalue weighted by Crippen LogP contribution is -2.44. The van der Waals surface area contributed by atoms with Gasteiger partial charge in [0.25, 0.3) is 0 Å². The molecule has 0 fully saturated rings. The van der Waals surface area contributed by atoms with Crippen LogP contribution in [0.1, 0.15) is 46.5 Å². The summed E-state index contributed by atoms with van der Waals surface area (Å²) in [7, 11) is 0. The van der Waals surface area contributed by atoms with E-state index in [0.717, 1.165) is 19.3 Å². The van der Waals surface area contributed by atoms with Crippen LogP contribution in [0.2, 0.25) is 0 Å². The summed E-state index contributed by atoms with van der Waals surface area (Å²) in [5.41, 5.74) is -0.667. The number of hydrogen-bond acceptors (Lipinski definition) is 1. The van der Waals surface area contributed by atoms with Crippen molar-refractivity contribution in [3.8, 4) is 0 Å². The molecular weight excluding hydrogens is 176 g/mol. The molecule has 0 bridgehead atoms. The summed E-state index contributed by atoms with van der Waals surface area (Å²) >= 11 is 0. The second kappa shape index (κ2) is 3.76. The Labute approximate surface area is 86.0 Å². The second-order valence-electron chi connectivity index (χ2n) is 4.84. The molecule has 0 radical (unpaired) electrons. The average Bonchev–Trinajstić information content (AvgIpc) is 2.18. The molecule has 0 spiro atoms. The highest BCUT2D eigenvalue weighted by Gasteiger charge is 2.49. The standard InChI is InChI=1S/C12H20O2/c1-4-11(2,3)12(10(13)14)8-6-5-7-9-12/h5-6H,4,7-9H2,1-3H3,(H,13,14). The van der Waals surface area contributed by atoms with Crippen molar-refractivity contribution < 1.29 is 9.90 Å². The smallest absolute Gasteiger partial charge is 0.310 e. The molecule has 1 aliphatic rings. The van der Waals surface area contributed by atoms with Crippen molar-refractivity contribution in [2.24, 2.45) is 10.8 Å². The fourth-order valence-electron chi connectivity index (χ4n) is 2.27. The minimum atomic E-state index is -0.631. The molecule has 0 aliphatic heterocycles. The maximum absolute atomic E-state index is 11.4. The van der Waals surface area contributed by atoms with Gasteiger partial charge in [-0.2, -0.15) is 0 Å². The summed E-state index contributed by atoms with van der Waals surface area (Å²) in [5.74, 6) is -0.631. The van der Waals surface area contributed by atoms with E-state index in [2.05, 4.69) is 26.8 Å². The van der Waals surface area contributed by atoms with Crippen molar-refractivity contribution in [1.82, 2.24) is 0 Å². The molecule has 2 heteroatoms. The number of carboxylic acids is 1. The molecule has 1 unspecified atom stereocenters. The quantitative estimate of drug-likeness (QED) is 0.703. The summed E-state index contributed by atoms with van der Waals surface area (Å²) in [6.45, 7) is 6.21. The molecule has 1 aliphatic carbocycles. The molecule has 0 saturated carbocycles. The molecule has 0 heterocycles. The molecule has 0 aromatic carbocycles.